The van der Waals surface area contributed by atoms with Crippen LogP contribution >= 0.6 is 0 Å². The Kier molecular flexibility index (Phi) is 2.31. The van der Waals surface area contributed by atoms with Crippen LogP contribution in [0.3, 0.4) is 0 Å². The van der Waals surface area contributed by atoms with E-state index in [-0.39, 0.29) is 5.97 Å². The van der Waals surface area contributed by atoms with E-state index in [0.717, 1.165) is 12.2 Å². The molecule has 1 aromatic heterocycles. The Balaban J connectivity index is 2.80. The summed E-state index contributed by atoms with van der Waals surface area (Å²) >= 11 is 0. The summed E-state index contributed by atoms with van der Waals surface area (Å²) in [4.78, 5) is 10.9. The van der Waals surface area contributed by atoms with E-state index in [1.165, 1.54) is 13.4 Å². The van der Waals surface area contributed by atoms with Gasteiger partial charge in [0.25, 0.3) is 0 Å². The summed E-state index contributed by atoms with van der Waals surface area (Å²) in [6, 6.07) is 1.69. The molecule has 0 aromatic carbocycles. The van der Waals surface area contributed by atoms with Gasteiger partial charge in [-0.25, -0.2) is 4.79 Å². The molecule has 0 saturated carbocycles. The standard InChI is InChI=1S/C8H10O3/c1-3-7-4-6(5-11-7)8(9)10-2/h4-5H,3H2,1-2H3. The molecule has 0 aliphatic rings. The predicted molar refractivity (Wildman–Crippen MR) is 39.4 cm³/mol. The van der Waals surface area contributed by atoms with E-state index in [4.69, 9.17) is 4.42 Å². The lowest BCUT2D eigenvalue weighted by Gasteiger charge is -1.90. The summed E-state index contributed by atoms with van der Waals surface area (Å²) in [6.45, 7) is 1.96. The third-order valence-electron chi connectivity index (χ3n) is 1.42. The Morgan fingerprint density at radius 2 is 2.45 bits per heavy atom. The number of rotatable bonds is 2. The van der Waals surface area contributed by atoms with Gasteiger partial charge in [-0.2, -0.15) is 0 Å². The highest BCUT2D eigenvalue weighted by atomic mass is 16.5. The van der Waals surface area contributed by atoms with Crippen molar-refractivity contribution < 1.29 is 13.9 Å². The Morgan fingerprint density at radius 1 is 1.73 bits per heavy atom. The van der Waals surface area contributed by atoms with Crippen LogP contribution in [0.15, 0.2) is 16.7 Å². The van der Waals surface area contributed by atoms with Gasteiger partial charge >= 0.3 is 5.97 Å². The van der Waals surface area contributed by atoms with Crippen LogP contribution in [0.2, 0.25) is 0 Å². The SMILES string of the molecule is CCc1cc(C(=O)OC)co1. The molecule has 0 N–H and O–H groups in total. The number of aryl methyl sites for hydroxylation is 1. The minimum atomic E-state index is -0.353. The van der Waals surface area contributed by atoms with Crippen LogP contribution in [-0.2, 0) is 11.2 Å². The summed E-state index contributed by atoms with van der Waals surface area (Å²) < 4.78 is 9.53. The van der Waals surface area contributed by atoms with E-state index in [0.29, 0.717) is 5.56 Å². The van der Waals surface area contributed by atoms with Crippen LogP contribution in [0.1, 0.15) is 23.0 Å². The number of carbonyl (C=O) groups is 1. The fourth-order valence-corrected chi connectivity index (χ4v) is 0.791. The zero-order valence-corrected chi connectivity index (χ0v) is 6.59. The number of furan rings is 1. The van der Waals surface area contributed by atoms with Gasteiger partial charge in [-0.3, -0.25) is 0 Å². The first kappa shape index (κ1) is 7.85. The Morgan fingerprint density at radius 3 is 2.91 bits per heavy atom. The van der Waals surface area contributed by atoms with Crippen LogP contribution in [0.25, 0.3) is 0 Å². The maximum atomic E-state index is 10.9. The highest BCUT2D eigenvalue weighted by Gasteiger charge is 2.08. The smallest absolute Gasteiger partial charge is 0.341 e. The lowest BCUT2D eigenvalue weighted by molar-refractivity contribution is 0.0600. The average molecular weight is 154 g/mol. The Labute approximate surface area is 65.0 Å². The molecule has 0 fully saturated rings. The van der Waals surface area contributed by atoms with Gasteiger partial charge in [0, 0.05) is 6.42 Å². The number of hydrogen-bond acceptors (Lipinski definition) is 3. The van der Waals surface area contributed by atoms with Crippen molar-refractivity contribution in [2.24, 2.45) is 0 Å². The summed E-state index contributed by atoms with van der Waals surface area (Å²) in [7, 11) is 1.35. The first-order valence-electron chi connectivity index (χ1n) is 3.43. The van der Waals surface area contributed by atoms with Crippen molar-refractivity contribution in [3.05, 3.63) is 23.7 Å². The normalized spacial score (nSPS) is 9.64. The summed E-state index contributed by atoms with van der Waals surface area (Å²) in [6.07, 6.45) is 2.20. The zero-order valence-electron chi connectivity index (χ0n) is 6.59. The molecule has 0 amide bonds. The van der Waals surface area contributed by atoms with Gasteiger partial charge in [0.2, 0.25) is 0 Å². The van der Waals surface area contributed by atoms with Crippen molar-refractivity contribution in [2.45, 2.75) is 13.3 Å². The summed E-state index contributed by atoms with van der Waals surface area (Å²) in [5.41, 5.74) is 0.476. The first-order valence-corrected chi connectivity index (χ1v) is 3.43. The van der Waals surface area contributed by atoms with Crippen molar-refractivity contribution in [1.82, 2.24) is 0 Å². The van der Waals surface area contributed by atoms with E-state index in [1.807, 2.05) is 6.92 Å². The number of ether oxygens (including phenoxy) is 1. The quantitative estimate of drug-likeness (QED) is 0.608. The van der Waals surface area contributed by atoms with Crippen molar-refractivity contribution in [3.63, 3.8) is 0 Å². The Bertz CT molecular complexity index is 250. The highest BCUT2D eigenvalue weighted by Crippen LogP contribution is 2.08. The topological polar surface area (TPSA) is 39.4 Å². The van der Waals surface area contributed by atoms with Crippen LogP contribution in [0.4, 0.5) is 0 Å². The van der Waals surface area contributed by atoms with E-state index in [2.05, 4.69) is 4.74 Å². The Hall–Kier alpha value is -1.25. The van der Waals surface area contributed by atoms with Crippen molar-refractivity contribution in [1.29, 1.82) is 0 Å². The minimum absolute atomic E-state index is 0.353. The average Bonchev–Trinajstić information content (AvgIpc) is 2.50. The molecule has 0 spiro atoms. The maximum absolute atomic E-state index is 10.9. The van der Waals surface area contributed by atoms with E-state index < -0.39 is 0 Å². The molecule has 0 aliphatic carbocycles. The monoisotopic (exact) mass is 154 g/mol. The third-order valence-corrected chi connectivity index (χ3v) is 1.42. The second-order valence-electron chi connectivity index (χ2n) is 2.15. The number of carbonyl (C=O) groups excluding carboxylic acids is 1. The van der Waals surface area contributed by atoms with E-state index >= 15 is 0 Å². The van der Waals surface area contributed by atoms with Crippen LogP contribution in [0.5, 0.6) is 0 Å². The maximum Gasteiger partial charge on any atom is 0.341 e. The lowest BCUT2D eigenvalue weighted by atomic mass is 10.3. The molecule has 1 aromatic rings. The number of hydrogen-bond donors (Lipinski definition) is 0. The van der Waals surface area contributed by atoms with Gasteiger partial charge in [0.1, 0.15) is 12.0 Å². The fraction of sp³-hybridized carbons (Fsp3) is 0.375. The van der Waals surface area contributed by atoms with Gasteiger partial charge in [0.05, 0.1) is 12.7 Å². The van der Waals surface area contributed by atoms with Crippen molar-refractivity contribution in [2.75, 3.05) is 7.11 Å². The molecule has 3 nitrogen and oxygen atoms in total. The molecule has 3 heteroatoms. The van der Waals surface area contributed by atoms with E-state index in [1.54, 1.807) is 6.07 Å². The van der Waals surface area contributed by atoms with Crippen molar-refractivity contribution >= 4 is 5.97 Å². The lowest BCUT2D eigenvalue weighted by Crippen LogP contribution is -1.98. The molecule has 0 unspecified atom stereocenters. The molecule has 0 atom stereocenters. The van der Waals surface area contributed by atoms with Crippen LogP contribution < -0.4 is 0 Å². The number of methoxy groups -OCH3 is 1. The largest absolute Gasteiger partial charge is 0.468 e. The summed E-state index contributed by atoms with van der Waals surface area (Å²) in [5, 5.41) is 0. The number of esters is 1. The molecule has 60 valence electrons. The second kappa shape index (κ2) is 3.23. The third kappa shape index (κ3) is 1.61. The molecule has 0 aliphatic heterocycles. The van der Waals surface area contributed by atoms with Crippen LogP contribution in [-0.4, -0.2) is 13.1 Å². The second-order valence-corrected chi connectivity index (χ2v) is 2.15. The summed E-state index contributed by atoms with van der Waals surface area (Å²) in [5.74, 6) is 0.443. The van der Waals surface area contributed by atoms with Gasteiger partial charge < -0.3 is 9.15 Å². The van der Waals surface area contributed by atoms with Gasteiger partial charge in [-0.15, -0.1) is 0 Å². The first-order chi connectivity index (χ1) is 5.27. The predicted octanol–water partition coefficient (Wildman–Crippen LogP) is 1.63. The highest BCUT2D eigenvalue weighted by molar-refractivity contribution is 5.88. The van der Waals surface area contributed by atoms with Gasteiger partial charge in [-0.1, -0.05) is 6.92 Å². The molecule has 0 bridgehead atoms. The molecule has 0 saturated heterocycles. The molecular weight excluding hydrogens is 144 g/mol. The molecule has 11 heavy (non-hydrogen) atoms. The van der Waals surface area contributed by atoms with E-state index in [9.17, 15) is 4.79 Å². The molecule has 0 radical (unpaired) electrons. The molecule has 1 rings (SSSR count). The zero-order chi connectivity index (χ0) is 8.27. The van der Waals surface area contributed by atoms with Gasteiger partial charge in [0.15, 0.2) is 0 Å². The molecular formula is C8H10O3. The van der Waals surface area contributed by atoms with Gasteiger partial charge in [-0.05, 0) is 6.07 Å². The molecule has 1 heterocycles. The fourth-order valence-electron chi connectivity index (χ4n) is 0.791. The van der Waals surface area contributed by atoms with Crippen molar-refractivity contribution in [3.8, 4) is 0 Å². The minimum Gasteiger partial charge on any atom is -0.468 e. The van der Waals surface area contributed by atoms with Crippen LogP contribution in [0, 0.1) is 0 Å².